The van der Waals surface area contributed by atoms with Crippen molar-refractivity contribution in [3.8, 4) is 0 Å². The highest BCUT2D eigenvalue weighted by atomic mass is 32.2. The number of Topliss-reactive ketones (excluding diaryl/α,β-unsaturated/α-hetero) is 2. The first-order chi connectivity index (χ1) is 11.3. The maximum atomic E-state index is 12.4. The van der Waals surface area contributed by atoms with Gasteiger partial charge in [0.15, 0.2) is 11.6 Å². The van der Waals surface area contributed by atoms with Gasteiger partial charge in [-0.05, 0) is 31.2 Å². The molecule has 2 aromatic carbocycles. The predicted octanol–water partition coefficient (Wildman–Crippen LogP) is 2.12. The zero-order valence-corrected chi connectivity index (χ0v) is 13.6. The number of rotatable bonds is 3. The summed E-state index contributed by atoms with van der Waals surface area (Å²) in [6.45, 7) is 1.61. The Hall–Kier alpha value is -2.64. The molecule has 0 radical (unpaired) electrons. The Kier molecular flexibility index (Phi) is 3.90. The van der Waals surface area contributed by atoms with Crippen LogP contribution in [-0.2, 0) is 10.0 Å². The van der Waals surface area contributed by atoms with Crippen LogP contribution in [0, 0.1) is 5.92 Å². The molecule has 0 saturated heterocycles. The van der Waals surface area contributed by atoms with E-state index in [1.54, 1.807) is 31.2 Å². The molecule has 122 valence electrons. The molecular weight excluding hydrogens is 328 g/mol. The van der Waals surface area contributed by atoms with E-state index in [1.165, 1.54) is 24.3 Å². The van der Waals surface area contributed by atoms with Crippen molar-refractivity contribution in [3.05, 3.63) is 59.7 Å². The molecule has 0 saturated carbocycles. The molecule has 24 heavy (non-hydrogen) atoms. The second kappa shape index (κ2) is 5.77. The molecule has 0 aromatic heterocycles. The summed E-state index contributed by atoms with van der Waals surface area (Å²) in [7, 11) is -3.77. The SMILES string of the molecule is CC(=Nc1ccc(S(N)(=O)=O)cc1)C1C(=O)c2ccccc2C1=O. The quantitative estimate of drug-likeness (QED) is 0.681. The summed E-state index contributed by atoms with van der Waals surface area (Å²) in [5.41, 5.74) is 1.62. The smallest absolute Gasteiger partial charge is 0.238 e. The lowest BCUT2D eigenvalue weighted by Crippen LogP contribution is -2.23. The molecule has 2 aromatic rings. The van der Waals surface area contributed by atoms with Gasteiger partial charge in [-0.3, -0.25) is 14.6 Å². The van der Waals surface area contributed by atoms with Crippen molar-refractivity contribution in [1.82, 2.24) is 0 Å². The molecule has 0 fully saturated rings. The van der Waals surface area contributed by atoms with Gasteiger partial charge in [-0.25, -0.2) is 13.6 Å². The Morgan fingerprint density at radius 1 is 0.958 bits per heavy atom. The molecule has 0 heterocycles. The van der Waals surface area contributed by atoms with Crippen LogP contribution < -0.4 is 5.14 Å². The highest BCUT2D eigenvalue weighted by Gasteiger charge is 2.39. The Labute approximate surface area is 139 Å². The number of nitrogens with zero attached hydrogens (tertiary/aromatic N) is 1. The highest BCUT2D eigenvalue weighted by molar-refractivity contribution is 7.89. The molecule has 0 unspecified atom stereocenters. The van der Waals surface area contributed by atoms with Crippen LogP contribution in [0.3, 0.4) is 0 Å². The van der Waals surface area contributed by atoms with E-state index in [1.807, 2.05) is 0 Å². The van der Waals surface area contributed by atoms with Gasteiger partial charge in [0.05, 0.1) is 10.6 Å². The summed E-state index contributed by atoms with van der Waals surface area (Å²) in [4.78, 5) is 29.1. The lowest BCUT2D eigenvalue weighted by Gasteiger charge is -2.07. The topological polar surface area (TPSA) is 107 Å². The highest BCUT2D eigenvalue weighted by Crippen LogP contribution is 2.29. The van der Waals surface area contributed by atoms with Crippen molar-refractivity contribution in [3.63, 3.8) is 0 Å². The largest absolute Gasteiger partial charge is 0.293 e. The molecule has 7 heteroatoms. The van der Waals surface area contributed by atoms with E-state index in [0.717, 1.165) is 0 Å². The van der Waals surface area contributed by atoms with Gasteiger partial charge in [0, 0.05) is 16.8 Å². The van der Waals surface area contributed by atoms with Crippen molar-refractivity contribution >= 4 is 33.0 Å². The van der Waals surface area contributed by atoms with Gasteiger partial charge in [-0.15, -0.1) is 0 Å². The molecular formula is C17H14N2O4S. The van der Waals surface area contributed by atoms with Gasteiger partial charge >= 0.3 is 0 Å². The number of ketones is 2. The summed E-state index contributed by atoms with van der Waals surface area (Å²) in [6, 6.07) is 12.3. The van der Waals surface area contributed by atoms with Crippen LogP contribution >= 0.6 is 0 Å². The molecule has 1 aliphatic carbocycles. The van der Waals surface area contributed by atoms with Crippen LogP contribution in [0.2, 0.25) is 0 Å². The second-order valence-corrected chi connectivity index (χ2v) is 7.06. The summed E-state index contributed by atoms with van der Waals surface area (Å²) in [6.07, 6.45) is 0. The number of hydrogen-bond acceptors (Lipinski definition) is 5. The summed E-state index contributed by atoms with van der Waals surface area (Å²) >= 11 is 0. The average Bonchev–Trinajstić information content (AvgIpc) is 2.79. The zero-order chi connectivity index (χ0) is 17.5. The molecule has 0 atom stereocenters. The summed E-state index contributed by atoms with van der Waals surface area (Å²) < 4.78 is 22.5. The third-order valence-corrected chi connectivity index (χ3v) is 4.80. The zero-order valence-electron chi connectivity index (χ0n) is 12.8. The monoisotopic (exact) mass is 342 g/mol. The van der Waals surface area contributed by atoms with Crippen LogP contribution in [-0.4, -0.2) is 25.7 Å². The molecule has 1 aliphatic rings. The first-order valence-electron chi connectivity index (χ1n) is 7.14. The van der Waals surface area contributed by atoms with Crippen molar-refractivity contribution in [2.75, 3.05) is 0 Å². The lowest BCUT2D eigenvalue weighted by atomic mass is 9.99. The second-order valence-electron chi connectivity index (χ2n) is 5.50. The third kappa shape index (κ3) is 2.79. The number of fused-ring (bicyclic) bond motifs is 1. The normalized spacial score (nSPS) is 15.7. The fraction of sp³-hybridized carbons (Fsp3) is 0.118. The van der Waals surface area contributed by atoms with E-state index in [9.17, 15) is 18.0 Å². The Bertz CT molecular complexity index is 941. The number of benzene rings is 2. The molecule has 3 rings (SSSR count). The van der Waals surface area contributed by atoms with Crippen LogP contribution in [0.1, 0.15) is 27.6 Å². The molecule has 0 spiro atoms. The summed E-state index contributed by atoms with van der Waals surface area (Å²) in [5, 5.41) is 5.04. The van der Waals surface area contributed by atoms with Gasteiger partial charge in [-0.1, -0.05) is 24.3 Å². The molecule has 0 aliphatic heterocycles. The predicted molar refractivity (Wildman–Crippen MR) is 89.2 cm³/mol. The fourth-order valence-corrected chi connectivity index (χ4v) is 3.22. The van der Waals surface area contributed by atoms with Crippen molar-refractivity contribution in [2.45, 2.75) is 11.8 Å². The Balaban J connectivity index is 1.93. The minimum atomic E-state index is -3.77. The average molecular weight is 342 g/mol. The van der Waals surface area contributed by atoms with E-state index in [0.29, 0.717) is 22.5 Å². The number of hydrogen-bond donors (Lipinski definition) is 1. The number of carbonyl (C=O) groups is 2. The van der Waals surface area contributed by atoms with Crippen LogP contribution in [0.5, 0.6) is 0 Å². The van der Waals surface area contributed by atoms with E-state index < -0.39 is 15.9 Å². The molecule has 0 amide bonds. The molecule has 0 bridgehead atoms. The van der Waals surface area contributed by atoms with E-state index in [2.05, 4.69) is 4.99 Å². The van der Waals surface area contributed by atoms with Crippen LogP contribution in [0.4, 0.5) is 5.69 Å². The number of carbonyl (C=O) groups excluding carboxylic acids is 2. The lowest BCUT2D eigenvalue weighted by molar-refractivity contribution is 0.0883. The minimum Gasteiger partial charge on any atom is -0.293 e. The van der Waals surface area contributed by atoms with Gasteiger partial charge in [0.2, 0.25) is 10.0 Å². The van der Waals surface area contributed by atoms with Gasteiger partial charge in [-0.2, -0.15) is 0 Å². The maximum Gasteiger partial charge on any atom is 0.238 e. The van der Waals surface area contributed by atoms with Crippen molar-refractivity contribution < 1.29 is 18.0 Å². The standard InChI is InChI=1S/C17H14N2O4S/c1-10(19-11-6-8-12(9-7-11)24(18,22)23)15-16(20)13-4-2-3-5-14(13)17(15)21/h2-9,15H,1H3,(H2,18,22,23). The van der Waals surface area contributed by atoms with Gasteiger partial charge in [0.25, 0.3) is 0 Å². The number of aliphatic imine (C=N–C) groups is 1. The Morgan fingerprint density at radius 3 is 1.92 bits per heavy atom. The fourth-order valence-electron chi connectivity index (χ4n) is 2.70. The van der Waals surface area contributed by atoms with E-state index in [4.69, 9.17) is 5.14 Å². The van der Waals surface area contributed by atoms with E-state index >= 15 is 0 Å². The minimum absolute atomic E-state index is 0.0282. The number of sulfonamides is 1. The van der Waals surface area contributed by atoms with Gasteiger partial charge < -0.3 is 0 Å². The van der Waals surface area contributed by atoms with Crippen molar-refractivity contribution in [1.29, 1.82) is 0 Å². The summed E-state index contributed by atoms with van der Waals surface area (Å²) in [5.74, 6) is -1.46. The van der Waals surface area contributed by atoms with Crippen LogP contribution in [0.15, 0.2) is 58.4 Å². The molecule has 6 nitrogen and oxygen atoms in total. The Morgan fingerprint density at radius 2 is 1.46 bits per heavy atom. The first-order valence-corrected chi connectivity index (χ1v) is 8.69. The number of primary sulfonamides is 1. The van der Waals surface area contributed by atoms with Crippen LogP contribution in [0.25, 0.3) is 0 Å². The van der Waals surface area contributed by atoms with Gasteiger partial charge in [0.1, 0.15) is 5.92 Å². The third-order valence-electron chi connectivity index (χ3n) is 3.87. The molecule has 2 N–H and O–H groups in total. The van der Waals surface area contributed by atoms with E-state index in [-0.39, 0.29) is 16.5 Å². The number of nitrogens with two attached hydrogens (primary N) is 1. The maximum absolute atomic E-state index is 12.4. The first kappa shape index (κ1) is 16.2. The van der Waals surface area contributed by atoms with Crippen molar-refractivity contribution in [2.24, 2.45) is 16.0 Å².